The van der Waals surface area contributed by atoms with Crippen LogP contribution in [-0.4, -0.2) is 171 Å². The molecule has 60 heavy (non-hydrogen) atoms. The molecule has 0 bridgehead atoms. The van der Waals surface area contributed by atoms with E-state index in [1.165, 1.54) is 20.2 Å². The molecule has 334 valence electrons. The van der Waals surface area contributed by atoms with Crippen LogP contribution in [-0.2, 0) is 14.3 Å². The maximum Gasteiger partial charge on any atom is 0.259 e. The van der Waals surface area contributed by atoms with Crippen LogP contribution in [0.15, 0.2) is 6.07 Å². The summed E-state index contributed by atoms with van der Waals surface area (Å²) in [6, 6.07) is -1.51. The van der Waals surface area contributed by atoms with Crippen molar-refractivity contribution in [2.24, 2.45) is 0 Å². The molecule has 0 heterocycles. The number of benzene rings is 2. The Morgan fingerprint density at radius 3 is 1.55 bits per heavy atom. The van der Waals surface area contributed by atoms with Crippen molar-refractivity contribution in [2.45, 2.75) is 34.4 Å². The second-order valence-electron chi connectivity index (χ2n) is 12.3. The molecule has 13 N–H and O–H groups in total. The summed E-state index contributed by atoms with van der Waals surface area (Å²) in [5.41, 5.74) is -0.654. The predicted molar refractivity (Wildman–Crippen MR) is 264 cm³/mol. The second-order valence-corrected chi connectivity index (χ2v) is 18.9. The molecule has 6 unspecified atom stereocenters. The first-order valence-electron chi connectivity index (χ1n) is 16.9. The van der Waals surface area contributed by atoms with Gasteiger partial charge in [0.2, 0.25) is 5.91 Å². The first-order chi connectivity index (χ1) is 28.2. The molecule has 0 aliphatic carbocycles. The quantitative estimate of drug-likeness (QED) is 0.0381. The molecule has 0 aromatic heterocycles. The van der Waals surface area contributed by atoms with Crippen LogP contribution in [0.1, 0.15) is 41.4 Å². The van der Waals surface area contributed by atoms with Gasteiger partial charge in [0, 0.05) is 24.3 Å². The Balaban J connectivity index is 2.72. The SMILES string of the molecule is COCC(=O)Nc1c(I)c(C(=O)NCC(O)CO)cc(C(=O)NC(I)C(=O)N(C)c2c(I)c(C(=O)NC(CO)C(O)CO)c(I)c(C(=O)NC(CO)C(O)CO)c2I)c1I. The van der Waals surface area contributed by atoms with Gasteiger partial charge in [-0.05, 0) is 142 Å². The average molecular weight is 1520 g/mol. The normalized spacial score (nSPS) is 14.2. The lowest BCUT2D eigenvalue weighted by molar-refractivity contribution is -0.119. The number of halogens is 6. The van der Waals surface area contributed by atoms with Gasteiger partial charge in [-0.1, -0.05) is 0 Å². The molecule has 2 aromatic rings. The van der Waals surface area contributed by atoms with Crippen molar-refractivity contribution in [1.29, 1.82) is 0 Å². The number of carbonyl (C=O) groups is 6. The number of carbonyl (C=O) groups excluding carboxylic acids is 6. The zero-order valence-corrected chi connectivity index (χ0v) is 44.1. The number of methoxy groups -OCH3 is 1. The fourth-order valence-electron chi connectivity index (χ4n) is 4.90. The predicted octanol–water partition coefficient (Wildman–Crippen LogP) is -1.58. The molecule has 6 atom stereocenters. The molecule has 0 fully saturated rings. The van der Waals surface area contributed by atoms with E-state index < -0.39 is 103 Å². The zero-order chi connectivity index (χ0) is 45.8. The standard InChI is InChI=1S/C33H40I6N6O15/c1-45(27-24(37)19(31(57)41-14(6-47)16(52)8-49)23(36)20(25(27)38)32(58)42-15(7-48)17(53)9-50)33(59)28(39)44-30(56)13-3-12(29(55)40-4-11(51)5-46)21(34)26(22(13)35)43-18(54)10-60-2/h3,11,14-17,28,46-53H,4-10H2,1-2H3,(H,40,55)(H,41,57)(H,42,58)(H,43,54)(H,44,56). The lowest BCUT2D eigenvalue weighted by Gasteiger charge is -2.28. The summed E-state index contributed by atoms with van der Waals surface area (Å²) in [6.07, 6.45) is -4.46. The fraction of sp³-hybridized carbons (Fsp3) is 0.455. The molecular formula is C33H40I6N6O15. The summed E-state index contributed by atoms with van der Waals surface area (Å²) < 4.78 is 4.04. The number of anilines is 2. The van der Waals surface area contributed by atoms with Gasteiger partial charge in [-0.15, -0.1) is 0 Å². The van der Waals surface area contributed by atoms with Gasteiger partial charge in [0.25, 0.3) is 29.5 Å². The summed E-state index contributed by atoms with van der Waals surface area (Å²) in [6.45, 7) is -4.59. The van der Waals surface area contributed by atoms with Crippen molar-refractivity contribution >= 4 is 182 Å². The van der Waals surface area contributed by atoms with Crippen LogP contribution in [0.3, 0.4) is 0 Å². The van der Waals surface area contributed by atoms with Gasteiger partial charge in [0.05, 0.1) is 111 Å². The van der Waals surface area contributed by atoms with Gasteiger partial charge in [0.15, 0.2) is 4.05 Å². The average Bonchev–Trinajstić information content (AvgIpc) is 3.21. The van der Waals surface area contributed by atoms with E-state index in [4.69, 9.17) is 4.74 Å². The van der Waals surface area contributed by atoms with Gasteiger partial charge < -0.3 is 77.1 Å². The summed E-state index contributed by atoms with van der Waals surface area (Å²) in [4.78, 5) is 82.5. The van der Waals surface area contributed by atoms with Crippen LogP contribution < -0.4 is 31.5 Å². The molecule has 27 heteroatoms. The van der Waals surface area contributed by atoms with E-state index in [2.05, 4.69) is 26.6 Å². The first-order valence-corrected chi connectivity index (χ1v) is 23.5. The van der Waals surface area contributed by atoms with Crippen molar-refractivity contribution in [3.8, 4) is 0 Å². The summed E-state index contributed by atoms with van der Waals surface area (Å²) in [5.74, 6) is -4.96. The molecule has 0 saturated carbocycles. The van der Waals surface area contributed by atoms with Crippen LogP contribution in [0.2, 0.25) is 0 Å². The molecule has 0 aliphatic heterocycles. The molecule has 0 radical (unpaired) electrons. The van der Waals surface area contributed by atoms with Crippen LogP contribution in [0.25, 0.3) is 0 Å². The zero-order valence-electron chi connectivity index (χ0n) is 31.1. The third-order valence-corrected chi connectivity index (χ3v) is 14.4. The Kier molecular flexibility index (Phi) is 24.3. The molecule has 2 rings (SSSR count). The lowest BCUT2D eigenvalue weighted by Crippen LogP contribution is -2.49. The minimum absolute atomic E-state index is 0.00179. The van der Waals surface area contributed by atoms with Gasteiger partial charge in [-0.3, -0.25) is 28.8 Å². The highest BCUT2D eigenvalue weighted by atomic mass is 127. The Hall–Kier alpha value is -0.720. The Morgan fingerprint density at radius 1 is 0.667 bits per heavy atom. The highest BCUT2D eigenvalue weighted by Crippen LogP contribution is 2.38. The largest absolute Gasteiger partial charge is 0.394 e. The summed E-state index contributed by atoms with van der Waals surface area (Å²) >= 11 is 10.4. The number of aliphatic hydroxyl groups is 8. The van der Waals surface area contributed by atoms with E-state index in [1.807, 2.05) is 0 Å². The van der Waals surface area contributed by atoms with Crippen LogP contribution in [0.4, 0.5) is 11.4 Å². The lowest BCUT2D eigenvalue weighted by atomic mass is 10.0. The number of nitrogens with zero attached hydrogens (tertiary/aromatic N) is 1. The van der Waals surface area contributed by atoms with Crippen molar-refractivity contribution in [2.75, 3.05) is 70.6 Å². The van der Waals surface area contributed by atoms with Crippen LogP contribution in [0.5, 0.6) is 0 Å². The molecule has 0 aliphatic rings. The molecule has 0 saturated heterocycles. The van der Waals surface area contributed by atoms with Crippen LogP contribution in [0, 0.1) is 17.9 Å². The number of nitrogens with one attached hydrogen (secondary N) is 5. The highest BCUT2D eigenvalue weighted by Gasteiger charge is 2.35. The van der Waals surface area contributed by atoms with E-state index in [0.717, 1.165) is 4.90 Å². The Bertz CT molecular complexity index is 1870. The fourth-order valence-corrected chi connectivity index (χ4v) is 12.6. The highest BCUT2D eigenvalue weighted by molar-refractivity contribution is 14.1. The van der Waals surface area contributed by atoms with Crippen molar-refractivity contribution in [1.82, 2.24) is 21.3 Å². The first kappa shape index (κ1) is 55.4. The number of amides is 6. The molecule has 6 amide bonds. The van der Waals surface area contributed by atoms with E-state index in [-0.39, 0.29) is 64.6 Å². The minimum Gasteiger partial charge on any atom is -0.394 e. The summed E-state index contributed by atoms with van der Waals surface area (Å²) in [7, 11) is 2.58. The number of rotatable bonds is 21. The van der Waals surface area contributed by atoms with E-state index in [1.54, 1.807) is 136 Å². The Labute approximate surface area is 424 Å². The second kappa shape index (κ2) is 26.3. The molecule has 0 spiro atoms. The summed E-state index contributed by atoms with van der Waals surface area (Å²) in [5, 5.41) is 90.2. The molecule has 21 nitrogen and oxygen atoms in total. The topological polar surface area (TPSA) is 337 Å². The number of likely N-dealkylation sites (N-methyl/N-ethyl adjacent to an activating group) is 1. The van der Waals surface area contributed by atoms with Crippen LogP contribution >= 0.6 is 136 Å². The van der Waals surface area contributed by atoms with Gasteiger partial charge >= 0.3 is 0 Å². The number of aliphatic hydroxyl groups excluding tert-OH is 8. The van der Waals surface area contributed by atoms with Crippen molar-refractivity contribution < 1.29 is 74.4 Å². The number of hydrogen-bond acceptors (Lipinski definition) is 15. The van der Waals surface area contributed by atoms with Crippen molar-refractivity contribution in [3.63, 3.8) is 0 Å². The number of alkyl halides is 1. The Morgan fingerprint density at radius 2 is 1.13 bits per heavy atom. The number of hydrogen-bond donors (Lipinski definition) is 13. The molecular weight excluding hydrogens is 1480 g/mol. The van der Waals surface area contributed by atoms with E-state index in [0.29, 0.717) is 0 Å². The van der Waals surface area contributed by atoms with Gasteiger partial charge in [-0.2, -0.15) is 0 Å². The molecule has 2 aromatic carbocycles. The third-order valence-electron chi connectivity index (χ3n) is 8.16. The smallest absolute Gasteiger partial charge is 0.259 e. The van der Waals surface area contributed by atoms with Gasteiger partial charge in [-0.25, -0.2) is 0 Å². The number of ether oxygens (including phenoxy) is 1. The maximum absolute atomic E-state index is 14.2. The monoisotopic (exact) mass is 1520 g/mol. The minimum atomic E-state index is -1.59. The van der Waals surface area contributed by atoms with Gasteiger partial charge in [0.1, 0.15) is 6.61 Å². The third kappa shape index (κ3) is 14.1. The maximum atomic E-state index is 14.2. The van der Waals surface area contributed by atoms with E-state index >= 15 is 0 Å². The van der Waals surface area contributed by atoms with E-state index in [9.17, 15) is 69.6 Å². The van der Waals surface area contributed by atoms with Crippen molar-refractivity contribution in [3.05, 3.63) is 46.2 Å².